The average molecular weight is 805 g/mol. The minimum Gasteiger partial charge on any atom is -0.454 e. The van der Waals surface area contributed by atoms with Gasteiger partial charge < -0.3 is 39.7 Å². The van der Waals surface area contributed by atoms with E-state index in [-0.39, 0.29) is 25.0 Å². The summed E-state index contributed by atoms with van der Waals surface area (Å²) >= 11 is 0.494. The van der Waals surface area contributed by atoms with Gasteiger partial charge in [0.1, 0.15) is 47.9 Å². The van der Waals surface area contributed by atoms with Crippen LogP contribution in [-0.2, 0) is 48.6 Å². The number of carbonyl (C=O) groups is 2. The molecule has 0 bridgehead atoms. The summed E-state index contributed by atoms with van der Waals surface area (Å²) in [6.45, 7) is -4.26. The van der Waals surface area contributed by atoms with Crippen molar-refractivity contribution >= 4 is 46.8 Å². The molecule has 21 heteroatoms. The van der Waals surface area contributed by atoms with Crippen molar-refractivity contribution in [1.29, 1.82) is 0 Å². The number of esters is 1. The molecule has 0 amide bonds. The van der Waals surface area contributed by atoms with Crippen LogP contribution in [0.5, 0.6) is 0 Å². The van der Waals surface area contributed by atoms with Crippen LogP contribution in [0.2, 0.25) is 0 Å². The van der Waals surface area contributed by atoms with Crippen LogP contribution in [0.3, 0.4) is 0 Å². The summed E-state index contributed by atoms with van der Waals surface area (Å²) in [5, 5.41) is 21.3. The van der Waals surface area contributed by atoms with Gasteiger partial charge in [-0.25, -0.2) is 19.3 Å². The molecule has 296 valence electrons. The fourth-order valence-electron chi connectivity index (χ4n) is 6.45. The van der Waals surface area contributed by atoms with Crippen LogP contribution in [0.25, 0.3) is 11.2 Å². The van der Waals surface area contributed by atoms with Crippen LogP contribution < -0.4 is 17.0 Å². The third-order valence-electron chi connectivity index (χ3n) is 9.12. The van der Waals surface area contributed by atoms with Gasteiger partial charge in [-0.2, -0.15) is 0 Å². The molecule has 3 aromatic heterocycles. The first kappa shape index (κ1) is 40.4. The van der Waals surface area contributed by atoms with Crippen molar-refractivity contribution in [3.8, 4) is 0 Å². The van der Waals surface area contributed by atoms with E-state index < -0.39 is 92.1 Å². The van der Waals surface area contributed by atoms with E-state index in [4.69, 9.17) is 33.7 Å². The third kappa shape index (κ3) is 9.42. The number of fused-ring (bicyclic) bond motifs is 1. The lowest BCUT2D eigenvalue weighted by Gasteiger charge is -2.28. The van der Waals surface area contributed by atoms with E-state index in [1.807, 2.05) is 30.3 Å². The number of hydrogen-bond acceptors (Lipinski definition) is 17. The number of methoxy groups -OCH3 is 1. The highest BCUT2D eigenvalue weighted by molar-refractivity contribution is 8.55. The number of pyridine rings is 1. The molecular formula is C34H41N6O13PS. The Bertz CT molecular complexity index is 2130. The van der Waals surface area contributed by atoms with Gasteiger partial charge in [-0.1, -0.05) is 30.3 Å². The summed E-state index contributed by atoms with van der Waals surface area (Å²) in [5.74, 6) is -2.33. The van der Waals surface area contributed by atoms with Gasteiger partial charge in [0, 0.05) is 49.8 Å². The number of imidazole rings is 1. The number of nitrogens with zero attached hydrogens (tertiary/aromatic N) is 4. The molecule has 6 rings (SSSR count). The van der Waals surface area contributed by atoms with Gasteiger partial charge in [0.2, 0.25) is 0 Å². The highest BCUT2D eigenvalue weighted by Crippen LogP contribution is 2.63. The number of Topliss-reactive ketones (excluding diaryl/α,β-unsaturated/α-hetero) is 1. The lowest BCUT2D eigenvalue weighted by atomic mass is 9.95. The first-order valence-corrected chi connectivity index (χ1v) is 20.3. The minimum atomic E-state index is -4.48. The number of aromatic nitrogens is 5. The lowest BCUT2D eigenvalue weighted by molar-refractivity contribution is -0.147. The van der Waals surface area contributed by atoms with Gasteiger partial charge >= 0.3 is 18.5 Å². The van der Waals surface area contributed by atoms with Crippen molar-refractivity contribution in [2.24, 2.45) is 5.92 Å². The zero-order chi connectivity index (χ0) is 39.3. The third-order valence-corrected chi connectivity index (χ3v) is 12.5. The van der Waals surface area contributed by atoms with E-state index in [1.165, 1.54) is 32.8 Å². The van der Waals surface area contributed by atoms with Gasteiger partial charge in [0.25, 0.3) is 5.56 Å². The Morgan fingerprint density at radius 2 is 1.89 bits per heavy atom. The second-order valence-corrected chi connectivity index (χ2v) is 16.9. The number of nitrogens with two attached hydrogens (primary N) is 1. The number of anilines is 1. The summed E-state index contributed by atoms with van der Waals surface area (Å²) in [6.07, 6.45) is -3.46. The second-order valence-electron chi connectivity index (χ2n) is 12.9. The Labute approximate surface area is 317 Å². The van der Waals surface area contributed by atoms with Crippen LogP contribution in [0.4, 0.5) is 5.69 Å². The van der Waals surface area contributed by atoms with Gasteiger partial charge in [-0.15, -0.1) is 0 Å². The molecule has 19 nitrogen and oxygen atoms in total. The Morgan fingerprint density at radius 1 is 1.11 bits per heavy atom. The zero-order valence-corrected chi connectivity index (χ0v) is 31.5. The maximum atomic E-state index is 14.6. The van der Waals surface area contributed by atoms with Crippen molar-refractivity contribution in [1.82, 2.24) is 24.1 Å². The molecule has 0 spiro atoms. The number of ether oxygens (including phenoxy) is 4. The predicted molar refractivity (Wildman–Crippen MR) is 196 cm³/mol. The Balaban J connectivity index is 1.21. The molecule has 5 N–H and O–H groups in total. The van der Waals surface area contributed by atoms with Gasteiger partial charge in [-0.3, -0.25) is 32.8 Å². The molecule has 1 aromatic carbocycles. The summed E-state index contributed by atoms with van der Waals surface area (Å²) in [4.78, 5) is 60.4. The number of H-pyrrole nitrogens is 1. The Kier molecular flexibility index (Phi) is 13.0. The Hall–Kier alpha value is -4.24. The summed E-state index contributed by atoms with van der Waals surface area (Å²) in [5.41, 5.74) is 6.63. The van der Waals surface area contributed by atoms with Crippen molar-refractivity contribution in [2.45, 2.75) is 69.2 Å². The molecule has 0 aliphatic carbocycles. The van der Waals surface area contributed by atoms with Gasteiger partial charge in [0.15, 0.2) is 11.9 Å². The zero-order valence-electron chi connectivity index (χ0n) is 29.7. The second kappa shape index (κ2) is 17.7. The van der Waals surface area contributed by atoms with Gasteiger partial charge in [-0.05, 0) is 25.0 Å². The quantitative estimate of drug-likeness (QED) is 0.0673. The summed E-state index contributed by atoms with van der Waals surface area (Å²) < 4.78 is 52.3. The fraction of sp³-hybridized carbons (Fsp3) is 0.471. The largest absolute Gasteiger partial charge is 0.454 e. The molecule has 9 atom stereocenters. The van der Waals surface area contributed by atoms with Crippen LogP contribution >= 0.6 is 18.2 Å². The van der Waals surface area contributed by atoms with E-state index in [2.05, 4.69) is 15.0 Å². The van der Waals surface area contributed by atoms with Crippen molar-refractivity contribution < 1.29 is 52.4 Å². The summed E-state index contributed by atoms with van der Waals surface area (Å²) in [6, 6.07) is 11.8. The van der Waals surface area contributed by atoms with Crippen LogP contribution in [-0.4, -0.2) is 103 Å². The van der Waals surface area contributed by atoms with E-state index >= 15 is 0 Å². The summed E-state index contributed by atoms with van der Waals surface area (Å²) in [7, 11) is 1.28. The molecule has 5 heterocycles. The number of nitrogen functional groups attached to an aromatic ring is 1. The molecule has 2 aliphatic heterocycles. The topological polar surface area (TPSA) is 259 Å². The first-order chi connectivity index (χ1) is 26.4. The van der Waals surface area contributed by atoms with Crippen molar-refractivity contribution in [3.05, 3.63) is 87.6 Å². The molecule has 0 saturated carbocycles. The van der Waals surface area contributed by atoms with Crippen LogP contribution in [0.15, 0.2) is 70.8 Å². The average Bonchev–Trinajstić information content (AvgIpc) is 3.85. The monoisotopic (exact) mass is 804 g/mol. The molecule has 0 radical (unpaired) electrons. The van der Waals surface area contributed by atoms with E-state index in [1.54, 1.807) is 10.6 Å². The number of aliphatic hydroxyl groups is 2. The number of hydrogen-bond donors (Lipinski definition) is 4. The fourth-order valence-corrected chi connectivity index (χ4v) is 9.26. The highest BCUT2D eigenvalue weighted by Gasteiger charge is 2.51. The normalized spacial score (nSPS) is 25.5. The van der Waals surface area contributed by atoms with E-state index in [0.29, 0.717) is 28.2 Å². The molecule has 2 fully saturated rings. The smallest absolute Gasteiger partial charge is 0.392 e. The SMILES string of the molecule is COC1[C@@H](OP(=O)(OC[C@H]2O[C@@H](n3cnc4c(N)ccnc43)C[C@H]2O)SCOC(=O)C(CC(C)=O)Cc2ccccc2)[C@@H](CO)O[C@H]1n1ccc(=O)[nH]c1=O. The lowest BCUT2D eigenvalue weighted by Crippen LogP contribution is -2.39. The first-order valence-electron chi connectivity index (χ1n) is 17.2. The molecule has 4 aromatic rings. The molecule has 55 heavy (non-hydrogen) atoms. The Morgan fingerprint density at radius 3 is 2.60 bits per heavy atom. The number of ketones is 1. The number of carbonyl (C=O) groups excluding carboxylic acids is 2. The number of benzene rings is 1. The van der Waals surface area contributed by atoms with Gasteiger partial charge in [0.05, 0.1) is 37.3 Å². The predicted octanol–water partition coefficient (Wildman–Crippen LogP) is 1.70. The number of aliphatic hydroxyl groups excluding tert-OH is 2. The number of rotatable bonds is 17. The molecule has 2 aliphatic rings. The number of aromatic amines is 1. The standard InChI is InChI=1S/C34H41N6O13PS/c1-19(42)12-21(13-20-6-4-3-5-7-20)33(45)49-18-55-54(47,53-29-24(15-41)52-32(30(29)48-2)39-11-9-26(44)38-34(39)46)50-16-25-23(43)14-27(51-25)40-17-37-28-22(35)8-10-36-31(28)40/h3-11,17,21,23-25,27,29-30,32,41,43H,12-16,18H2,1-2H3,(H2,35,36)(H,38,44,46)/t21?,23-,24-,25-,27-,29+,30?,32-,54?/m1/s1. The van der Waals surface area contributed by atoms with Crippen LogP contribution in [0, 0.1) is 5.92 Å². The molecule has 3 unspecified atom stereocenters. The van der Waals surface area contributed by atoms with E-state index in [9.17, 15) is 34.0 Å². The molecular weight excluding hydrogens is 763 g/mol. The van der Waals surface area contributed by atoms with E-state index in [0.717, 1.165) is 16.2 Å². The molecule has 2 saturated heterocycles. The van der Waals surface area contributed by atoms with Crippen molar-refractivity contribution in [2.75, 3.05) is 32.0 Å². The minimum absolute atomic E-state index is 0.0892. The van der Waals surface area contributed by atoms with Crippen LogP contribution in [0.1, 0.15) is 37.8 Å². The maximum Gasteiger partial charge on any atom is 0.392 e. The number of nitrogens with one attached hydrogen (secondary N) is 1. The highest BCUT2D eigenvalue weighted by atomic mass is 32.7. The van der Waals surface area contributed by atoms with Crippen molar-refractivity contribution in [3.63, 3.8) is 0 Å². The maximum absolute atomic E-state index is 14.6.